The summed E-state index contributed by atoms with van der Waals surface area (Å²) in [6.45, 7) is 10.8. The molecule has 1 fully saturated rings. The molecular weight excluding hydrogens is 400 g/mol. The van der Waals surface area contributed by atoms with Gasteiger partial charge in [-0.05, 0) is 48.9 Å². The third-order valence-electron chi connectivity index (χ3n) is 6.38. The van der Waals surface area contributed by atoms with E-state index in [1.165, 1.54) is 31.7 Å². The minimum Gasteiger partial charge on any atom is -0.361 e. The maximum absolute atomic E-state index is 5.91. The molecule has 3 aromatic heterocycles. The largest absolute Gasteiger partial charge is 0.361 e. The highest BCUT2D eigenvalue weighted by Gasteiger charge is 2.21. The van der Waals surface area contributed by atoms with Crippen molar-refractivity contribution < 1.29 is 4.74 Å². The van der Waals surface area contributed by atoms with E-state index in [-0.39, 0.29) is 0 Å². The van der Waals surface area contributed by atoms with Crippen molar-refractivity contribution in [2.24, 2.45) is 11.8 Å². The Hall–Kier alpha value is -2.05. The van der Waals surface area contributed by atoms with E-state index < -0.39 is 8.07 Å². The van der Waals surface area contributed by atoms with E-state index in [4.69, 9.17) is 19.7 Å². The van der Waals surface area contributed by atoms with Crippen LogP contribution in [0, 0.1) is 11.8 Å². The second kappa shape index (κ2) is 9.61. The SMILES string of the molecule is C[C@@H]1CCC[C@@H](Cc2ncccc2-c2cnc3c(ccn3COCC[Si](C)(C)C)n2)C1. The van der Waals surface area contributed by atoms with Crippen molar-refractivity contribution in [1.29, 1.82) is 0 Å². The summed E-state index contributed by atoms with van der Waals surface area (Å²) in [7, 11) is -1.07. The molecule has 6 heteroatoms. The number of nitrogens with zero attached hydrogens (tertiary/aromatic N) is 4. The zero-order valence-corrected chi connectivity index (χ0v) is 20.5. The molecular formula is C25H36N4OSi. The highest BCUT2D eigenvalue weighted by atomic mass is 28.3. The van der Waals surface area contributed by atoms with Gasteiger partial charge in [-0.1, -0.05) is 45.8 Å². The number of fused-ring (bicyclic) bond motifs is 1. The Bertz CT molecular complexity index is 1010. The van der Waals surface area contributed by atoms with Crippen LogP contribution in [0.2, 0.25) is 25.7 Å². The predicted octanol–water partition coefficient (Wildman–Crippen LogP) is 6.17. The quantitative estimate of drug-likeness (QED) is 0.313. The lowest BCUT2D eigenvalue weighted by Gasteiger charge is -2.26. The van der Waals surface area contributed by atoms with Crippen LogP contribution in [0.5, 0.6) is 0 Å². The monoisotopic (exact) mass is 436 g/mol. The van der Waals surface area contributed by atoms with Crippen LogP contribution in [-0.2, 0) is 17.9 Å². The standard InChI is InChI=1S/C25H36N4OSi/c1-19-7-5-8-20(15-19)16-23-21(9-6-11-26-23)24-17-27-25-22(28-24)10-12-29(25)18-30-13-14-31(2,3)4/h6,9-12,17,19-20H,5,7-8,13-16,18H2,1-4H3/t19-,20-/m1/s1. The second-order valence-electron chi connectivity index (χ2n) is 10.4. The van der Waals surface area contributed by atoms with Gasteiger partial charge in [-0.25, -0.2) is 9.97 Å². The Morgan fingerprint density at radius 2 is 2.03 bits per heavy atom. The smallest absolute Gasteiger partial charge is 0.160 e. The summed E-state index contributed by atoms with van der Waals surface area (Å²) in [6.07, 6.45) is 12.2. The molecule has 0 aromatic carbocycles. The first-order chi connectivity index (χ1) is 14.9. The Morgan fingerprint density at radius 3 is 2.84 bits per heavy atom. The van der Waals surface area contributed by atoms with Crippen LogP contribution in [-0.4, -0.2) is 34.2 Å². The van der Waals surface area contributed by atoms with E-state index in [2.05, 4.69) is 32.6 Å². The lowest BCUT2D eigenvalue weighted by atomic mass is 9.80. The molecule has 3 aromatic rings. The van der Waals surface area contributed by atoms with Crippen LogP contribution in [0.25, 0.3) is 22.4 Å². The van der Waals surface area contributed by atoms with Crippen molar-refractivity contribution >= 4 is 19.2 Å². The summed E-state index contributed by atoms with van der Waals surface area (Å²) in [6, 6.07) is 7.35. The average molecular weight is 437 g/mol. The molecule has 3 heterocycles. The van der Waals surface area contributed by atoms with E-state index in [0.29, 0.717) is 6.73 Å². The molecule has 5 nitrogen and oxygen atoms in total. The summed E-state index contributed by atoms with van der Waals surface area (Å²) in [4.78, 5) is 14.4. The molecule has 0 unspecified atom stereocenters. The van der Waals surface area contributed by atoms with Gasteiger partial charge in [-0.15, -0.1) is 0 Å². The molecule has 0 radical (unpaired) electrons. The van der Waals surface area contributed by atoms with Gasteiger partial charge in [0.05, 0.1) is 17.6 Å². The van der Waals surface area contributed by atoms with Crippen molar-refractivity contribution in [3.63, 3.8) is 0 Å². The van der Waals surface area contributed by atoms with E-state index in [1.54, 1.807) is 0 Å². The Kier molecular flexibility index (Phi) is 6.87. The molecule has 0 N–H and O–H groups in total. The van der Waals surface area contributed by atoms with Gasteiger partial charge in [0.15, 0.2) is 5.65 Å². The van der Waals surface area contributed by atoms with Crippen molar-refractivity contribution in [3.8, 4) is 11.3 Å². The Morgan fingerprint density at radius 1 is 1.16 bits per heavy atom. The normalized spacial score (nSPS) is 19.7. The molecule has 1 aliphatic rings. The summed E-state index contributed by atoms with van der Waals surface area (Å²) in [5, 5.41) is 0. The van der Waals surface area contributed by atoms with Crippen molar-refractivity contribution in [2.45, 2.75) is 71.4 Å². The highest BCUT2D eigenvalue weighted by molar-refractivity contribution is 6.76. The Balaban J connectivity index is 1.49. The molecule has 0 bridgehead atoms. The van der Waals surface area contributed by atoms with Crippen molar-refractivity contribution in [3.05, 3.63) is 42.5 Å². The van der Waals surface area contributed by atoms with Gasteiger partial charge in [0.2, 0.25) is 0 Å². The van der Waals surface area contributed by atoms with Crippen molar-refractivity contribution in [1.82, 2.24) is 19.5 Å². The highest BCUT2D eigenvalue weighted by Crippen LogP contribution is 2.33. The van der Waals surface area contributed by atoms with Gasteiger partial charge in [-0.2, -0.15) is 0 Å². The molecule has 166 valence electrons. The second-order valence-corrected chi connectivity index (χ2v) is 16.1. The van der Waals surface area contributed by atoms with Crippen LogP contribution in [0.1, 0.15) is 38.3 Å². The molecule has 1 saturated carbocycles. The summed E-state index contributed by atoms with van der Waals surface area (Å²) in [5.74, 6) is 1.55. The number of aromatic nitrogens is 4. The fraction of sp³-hybridized carbons (Fsp3) is 0.560. The zero-order valence-electron chi connectivity index (χ0n) is 19.5. The van der Waals surface area contributed by atoms with Crippen molar-refractivity contribution in [2.75, 3.05) is 6.61 Å². The number of pyridine rings is 1. The first-order valence-electron chi connectivity index (χ1n) is 11.7. The Labute approximate surface area is 187 Å². The van der Waals surface area contributed by atoms with Crippen LogP contribution in [0.4, 0.5) is 0 Å². The maximum atomic E-state index is 5.91. The van der Waals surface area contributed by atoms with E-state index in [0.717, 1.165) is 53.0 Å². The first-order valence-corrected chi connectivity index (χ1v) is 15.4. The first kappa shape index (κ1) is 22.2. The van der Waals surface area contributed by atoms with Gasteiger partial charge in [-0.3, -0.25) is 4.98 Å². The van der Waals surface area contributed by atoms with Crippen LogP contribution in [0.3, 0.4) is 0 Å². The number of hydrogen-bond donors (Lipinski definition) is 0. The van der Waals surface area contributed by atoms with Gasteiger partial charge >= 0.3 is 0 Å². The molecule has 1 aliphatic carbocycles. The summed E-state index contributed by atoms with van der Waals surface area (Å²) < 4.78 is 7.95. The molecule has 0 aliphatic heterocycles. The van der Waals surface area contributed by atoms with Gasteiger partial charge in [0, 0.05) is 32.6 Å². The summed E-state index contributed by atoms with van der Waals surface area (Å²) in [5.41, 5.74) is 4.98. The van der Waals surface area contributed by atoms with Crippen LogP contribution in [0.15, 0.2) is 36.8 Å². The van der Waals surface area contributed by atoms with E-state index in [1.807, 2.05) is 35.3 Å². The third kappa shape index (κ3) is 5.80. The molecule has 0 amide bonds. The fourth-order valence-corrected chi connectivity index (χ4v) is 5.35. The van der Waals surface area contributed by atoms with Gasteiger partial charge < -0.3 is 9.30 Å². The third-order valence-corrected chi connectivity index (χ3v) is 8.09. The molecule has 2 atom stereocenters. The molecule has 0 saturated heterocycles. The minimum atomic E-state index is -1.07. The average Bonchev–Trinajstić information content (AvgIpc) is 3.13. The van der Waals surface area contributed by atoms with Crippen LogP contribution >= 0.6 is 0 Å². The van der Waals surface area contributed by atoms with E-state index >= 15 is 0 Å². The molecule has 4 rings (SSSR count). The molecule has 31 heavy (non-hydrogen) atoms. The summed E-state index contributed by atoms with van der Waals surface area (Å²) >= 11 is 0. The number of rotatable bonds is 8. The number of hydrogen-bond acceptors (Lipinski definition) is 4. The van der Waals surface area contributed by atoms with Gasteiger partial charge in [0.25, 0.3) is 0 Å². The van der Waals surface area contributed by atoms with Crippen LogP contribution < -0.4 is 0 Å². The van der Waals surface area contributed by atoms with E-state index in [9.17, 15) is 0 Å². The lowest BCUT2D eigenvalue weighted by Crippen LogP contribution is -2.22. The predicted molar refractivity (Wildman–Crippen MR) is 130 cm³/mol. The number of ether oxygens (including phenoxy) is 1. The zero-order chi connectivity index (χ0) is 21.8. The topological polar surface area (TPSA) is 52.8 Å². The fourth-order valence-electron chi connectivity index (χ4n) is 4.59. The lowest BCUT2D eigenvalue weighted by molar-refractivity contribution is 0.0899. The van der Waals surface area contributed by atoms with Gasteiger partial charge in [0.1, 0.15) is 12.2 Å². The minimum absolute atomic E-state index is 0.528. The maximum Gasteiger partial charge on any atom is 0.160 e. The molecule has 0 spiro atoms.